The molecule has 32 heavy (non-hydrogen) atoms. The Hall–Kier alpha value is -2.42. The van der Waals surface area contributed by atoms with Gasteiger partial charge in [-0.1, -0.05) is 29.5 Å². The van der Waals surface area contributed by atoms with Crippen LogP contribution < -0.4 is 9.64 Å². The number of carbonyl (C=O) groups is 1. The zero-order valence-electron chi connectivity index (χ0n) is 18.3. The largest absolute Gasteiger partial charge is 0.492 e. The Morgan fingerprint density at radius 3 is 2.44 bits per heavy atom. The van der Waals surface area contributed by atoms with Crippen molar-refractivity contribution in [3.05, 3.63) is 47.5 Å². The molecule has 0 bridgehead atoms. The van der Waals surface area contributed by atoms with Gasteiger partial charge in [0.15, 0.2) is 5.50 Å². The molecule has 9 heteroatoms. The van der Waals surface area contributed by atoms with Crippen molar-refractivity contribution in [1.29, 1.82) is 0 Å². The van der Waals surface area contributed by atoms with Crippen LogP contribution in [0.4, 0.5) is 28.9 Å². The number of alkyl halides is 4. The van der Waals surface area contributed by atoms with E-state index < -0.39 is 34.4 Å². The Morgan fingerprint density at radius 2 is 1.84 bits per heavy atom. The number of methoxy groups -OCH3 is 1. The molecule has 0 aliphatic carbocycles. The minimum Gasteiger partial charge on any atom is -0.492 e. The molecule has 0 spiro atoms. The van der Waals surface area contributed by atoms with Crippen molar-refractivity contribution < 1.29 is 31.8 Å². The minimum absolute atomic E-state index is 0.153. The molecule has 0 unspecified atom stereocenters. The van der Waals surface area contributed by atoms with Crippen LogP contribution in [-0.4, -0.2) is 31.7 Å². The van der Waals surface area contributed by atoms with E-state index in [1.165, 1.54) is 27.0 Å². The normalized spacial score (nSPS) is 16.9. The van der Waals surface area contributed by atoms with E-state index in [-0.39, 0.29) is 25.3 Å². The number of hydrogen-bond acceptors (Lipinski definition) is 5. The molecule has 2 aromatic rings. The molecule has 1 heterocycles. The maximum absolute atomic E-state index is 14.5. The summed E-state index contributed by atoms with van der Waals surface area (Å²) in [7, 11) is 1.20. The molecule has 1 aliphatic heterocycles. The number of carbonyl (C=O) groups excluding carboxylic acids is 1. The number of halogens is 4. The van der Waals surface area contributed by atoms with Crippen LogP contribution in [0.5, 0.6) is 5.75 Å². The molecule has 0 saturated heterocycles. The summed E-state index contributed by atoms with van der Waals surface area (Å²) in [6.45, 7) is 4.85. The first-order valence-electron chi connectivity index (χ1n) is 10.0. The SMILES string of the molecule is COC(=O)C(C)(C)COc1cc2c(cc1C(F)(F)F)N(c1ccc(C)cc1)CC[C@@H](F)S2. The second-order valence-corrected chi connectivity index (χ2v) is 9.47. The predicted molar refractivity (Wildman–Crippen MR) is 116 cm³/mol. The number of ether oxygens (including phenoxy) is 2. The Bertz CT molecular complexity index is 976. The predicted octanol–water partition coefficient (Wildman–Crippen LogP) is 6.52. The zero-order chi connectivity index (χ0) is 23.7. The van der Waals surface area contributed by atoms with Crippen molar-refractivity contribution in [1.82, 2.24) is 0 Å². The molecule has 174 valence electrons. The number of fused-ring (bicyclic) bond motifs is 1. The van der Waals surface area contributed by atoms with Gasteiger partial charge in [-0.15, -0.1) is 0 Å². The number of hydrogen-bond donors (Lipinski definition) is 0. The Morgan fingerprint density at radius 1 is 1.19 bits per heavy atom. The highest BCUT2D eigenvalue weighted by molar-refractivity contribution is 8.00. The summed E-state index contributed by atoms with van der Waals surface area (Å²) in [5.74, 6) is -1.05. The summed E-state index contributed by atoms with van der Waals surface area (Å²) in [5, 5.41) is 0. The van der Waals surface area contributed by atoms with Gasteiger partial charge in [-0.3, -0.25) is 4.79 Å². The smallest absolute Gasteiger partial charge is 0.420 e. The lowest BCUT2D eigenvalue weighted by molar-refractivity contribution is -0.152. The fourth-order valence-electron chi connectivity index (χ4n) is 3.33. The second kappa shape index (κ2) is 9.21. The Kier molecular flexibility index (Phi) is 6.97. The third-order valence-electron chi connectivity index (χ3n) is 5.16. The van der Waals surface area contributed by atoms with Gasteiger partial charge in [-0.25, -0.2) is 4.39 Å². The van der Waals surface area contributed by atoms with Gasteiger partial charge in [0, 0.05) is 23.5 Å². The first-order valence-corrected chi connectivity index (χ1v) is 10.9. The van der Waals surface area contributed by atoms with E-state index in [2.05, 4.69) is 0 Å². The van der Waals surface area contributed by atoms with Crippen LogP contribution in [0, 0.1) is 12.3 Å². The van der Waals surface area contributed by atoms with E-state index >= 15 is 0 Å². The molecule has 2 aromatic carbocycles. The van der Waals surface area contributed by atoms with Gasteiger partial charge in [-0.2, -0.15) is 13.2 Å². The molecule has 0 amide bonds. The number of anilines is 2. The van der Waals surface area contributed by atoms with Crippen LogP contribution in [0.1, 0.15) is 31.4 Å². The number of nitrogens with zero attached hydrogens (tertiary/aromatic N) is 1. The van der Waals surface area contributed by atoms with Crippen molar-refractivity contribution in [2.24, 2.45) is 5.41 Å². The molecule has 0 N–H and O–H groups in total. The van der Waals surface area contributed by atoms with Crippen molar-refractivity contribution >= 4 is 29.1 Å². The lowest BCUT2D eigenvalue weighted by Gasteiger charge is -2.27. The van der Waals surface area contributed by atoms with E-state index in [9.17, 15) is 22.4 Å². The van der Waals surface area contributed by atoms with Crippen molar-refractivity contribution in [2.75, 3.05) is 25.2 Å². The van der Waals surface area contributed by atoms with E-state index in [1.807, 2.05) is 19.1 Å². The van der Waals surface area contributed by atoms with Crippen LogP contribution in [0.2, 0.25) is 0 Å². The lowest BCUT2D eigenvalue weighted by Crippen LogP contribution is -2.32. The fourth-order valence-corrected chi connectivity index (χ4v) is 4.29. The summed E-state index contributed by atoms with van der Waals surface area (Å²) >= 11 is 0.865. The molecule has 1 aliphatic rings. The molecule has 4 nitrogen and oxygen atoms in total. The van der Waals surface area contributed by atoms with E-state index in [0.29, 0.717) is 10.6 Å². The number of thioether (sulfide) groups is 1. The number of esters is 1. The van der Waals surface area contributed by atoms with Crippen LogP contribution >= 0.6 is 11.8 Å². The first kappa shape index (κ1) is 24.2. The maximum Gasteiger partial charge on any atom is 0.420 e. The van der Waals surface area contributed by atoms with Crippen LogP contribution in [0.3, 0.4) is 0 Å². The highest BCUT2D eigenvalue weighted by Crippen LogP contribution is 2.48. The minimum atomic E-state index is -4.70. The molecule has 0 aromatic heterocycles. The average molecular weight is 472 g/mol. The third kappa shape index (κ3) is 5.31. The van der Waals surface area contributed by atoms with Crippen LogP contribution in [-0.2, 0) is 15.7 Å². The summed E-state index contributed by atoms with van der Waals surface area (Å²) in [4.78, 5) is 13.9. The topological polar surface area (TPSA) is 38.8 Å². The van der Waals surface area contributed by atoms with Crippen molar-refractivity contribution in [3.8, 4) is 5.75 Å². The van der Waals surface area contributed by atoms with E-state index in [4.69, 9.17) is 9.47 Å². The summed E-state index contributed by atoms with van der Waals surface area (Å²) < 4.78 is 66.5. The lowest BCUT2D eigenvalue weighted by atomic mass is 9.95. The number of rotatable bonds is 5. The Labute approximate surface area is 188 Å². The van der Waals surface area contributed by atoms with Gasteiger partial charge in [0.05, 0.1) is 23.8 Å². The molecule has 1 atom stereocenters. The number of aryl methyl sites for hydroxylation is 1. The van der Waals surface area contributed by atoms with Gasteiger partial charge >= 0.3 is 12.1 Å². The molecular weight excluding hydrogens is 446 g/mol. The highest BCUT2D eigenvalue weighted by atomic mass is 32.2. The van der Waals surface area contributed by atoms with Crippen molar-refractivity contribution in [2.45, 2.75) is 43.8 Å². The number of benzene rings is 2. The van der Waals surface area contributed by atoms with Crippen molar-refractivity contribution in [3.63, 3.8) is 0 Å². The zero-order valence-corrected chi connectivity index (χ0v) is 19.1. The summed E-state index contributed by atoms with van der Waals surface area (Å²) in [6.07, 6.45) is -4.55. The Balaban J connectivity index is 2.07. The van der Waals surface area contributed by atoms with Gasteiger partial charge in [0.1, 0.15) is 12.4 Å². The first-order chi connectivity index (χ1) is 14.9. The molecular formula is C23H25F4NO3S. The van der Waals surface area contributed by atoms with Crippen LogP contribution in [0.15, 0.2) is 41.3 Å². The van der Waals surface area contributed by atoms with Gasteiger partial charge in [-0.05, 0) is 45.0 Å². The monoisotopic (exact) mass is 471 g/mol. The van der Waals surface area contributed by atoms with Gasteiger partial charge in [0.2, 0.25) is 0 Å². The molecule has 3 rings (SSSR count). The molecule has 0 fully saturated rings. The summed E-state index contributed by atoms with van der Waals surface area (Å²) in [5.41, 5.74) is -1.46. The van der Waals surface area contributed by atoms with E-state index in [1.54, 1.807) is 17.0 Å². The van der Waals surface area contributed by atoms with Gasteiger partial charge < -0.3 is 14.4 Å². The second-order valence-electron chi connectivity index (χ2n) is 8.28. The molecule has 0 saturated carbocycles. The van der Waals surface area contributed by atoms with Crippen LogP contribution in [0.25, 0.3) is 0 Å². The van der Waals surface area contributed by atoms with E-state index in [0.717, 1.165) is 23.4 Å². The fraction of sp³-hybridized carbons (Fsp3) is 0.435. The summed E-state index contributed by atoms with van der Waals surface area (Å²) in [6, 6.07) is 9.54. The van der Waals surface area contributed by atoms with Gasteiger partial charge in [0.25, 0.3) is 0 Å². The molecule has 0 radical (unpaired) electrons. The third-order valence-corrected chi connectivity index (χ3v) is 6.24. The average Bonchev–Trinajstić information content (AvgIpc) is 2.88. The highest BCUT2D eigenvalue weighted by Gasteiger charge is 2.38. The standard InChI is InChI=1S/C23H25F4NO3S/c1-14-5-7-15(8-6-14)28-10-9-20(24)32-19-12-18(16(11-17(19)28)23(25,26)27)31-13-22(2,3)21(29)30-4/h5-8,11-12,20H,9-10,13H2,1-4H3/t20-/m0/s1. The quantitative estimate of drug-likeness (QED) is 0.367. The maximum atomic E-state index is 14.5.